The molecule has 0 amide bonds. The smallest absolute Gasteiger partial charge is 0.267 e. The van der Waals surface area contributed by atoms with E-state index >= 15 is 0 Å². The molecule has 2 aromatic heterocycles. The van der Waals surface area contributed by atoms with Gasteiger partial charge in [-0.2, -0.15) is 5.10 Å². The van der Waals surface area contributed by atoms with Crippen LogP contribution in [-0.4, -0.2) is 23.3 Å². The number of rotatable bonds is 4. The number of aromatic nitrogens is 2. The number of halogens is 1. The SMILES string of the molecule is Cn1ccc(NS(=O)(=O)c2cc(CO)oc2Br)n1. The van der Waals surface area contributed by atoms with Gasteiger partial charge in [-0.3, -0.25) is 9.40 Å². The van der Waals surface area contributed by atoms with E-state index in [0.29, 0.717) is 0 Å². The lowest BCUT2D eigenvalue weighted by atomic mass is 10.5. The van der Waals surface area contributed by atoms with Crippen molar-refractivity contribution in [3.63, 3.8) is 0 Å². The molecule has 0 radical (unpaired) electrons. The lowest BCUT2D eigenvalue weighted by molar-refractivity contribution is 0.245. The van der Waals surface area contributed by atoms with Crippen LogP contribution >= 0.6 is 15.9 Å². The monoisotopic (exact) mass is 335 g/mol. The van der Waals surface area contributed by atoms with Gasteiger partial charge in [0.15, 0.2) is 10.5 Å². The van der Waals surface area contributed by atoms with Crippen LogP contribution < -0.4 is 4.72 Å². The first-order valence-electron chi connectivity index (χ1n) is 4.84. The molecule has 0 fully saturated rings. The number of hydrogen-bond acceptors (Lipinski definition) is 5. The highest BCUT2D eigenvalue weighted by Gasteiger charge is 2.23. The van der Waals surface area contributed by atoms with Crippen molar-refractivity contribution >= 4 is 31.8 Å². The minimum absolute atomic E-state index is 0.0370. The zero-order valence-electron chi connectivity index (χ0n) is 9.29. The molecule has 0 atom stereocenters. The molecule has 2 aromatic rings. The predicted molar refractivity (Wildman–Crippen MR) is 66.3 cm³/mol. The minimum Gasteiger partial charge on any atom is -0.450 e. The zero-order chi connectivity index (χ0) is 13.3. The molecule has 98 valence electrons. The second-order valence-corrected chi connectivity index (χ2v) is 5.86. The molecule has 0 spiro atoms. The molecule has 0 bridgehead atoms. The summed E-state index contributed by atoms with van der Waals surface area (Å²) in [5.41, 5.74) is 0. The molecule has 0 aliphatic heterocycles. The van der Waals surface area contributed by atoms with Gasteiger partial charge < -0.3 is 9.52 Å². The number of aliphatic hydroxyl groups excluding tert-OH is 1. The number of sulfonamides is 1. The van der Waals surface area contributed by atoms with Gasteiger partial charge in [0.05, 0.1) is 0 Å². The summed E-state index contributed by atoms with van der Waals surface area (Å²) in [5.74, 6) is 0.361. The third kappa shape index (κ3) is 2.57. The Morgan fingerprint density at radius 2 is 2.33 bits per heavy atom. The molecule has 0 unspecified atom stereocenters. The third-order valence-electron chi connectivity index (χ3n) is 2.10. The Bertz CT molecular complexity index is 661. The van der Waals surface area contributed by atoms with Crippen molar-refractivity contribution in [1.82, 2.24) is 9.78 Å². The first-order valence-corrected chi connectivity index (χ1v) is 7.11. The number of anilines is 1. The van der Waals surface area contributed by atoms with Crippen molar-refractivity contribution in [2.45, 2.75) is 11.5 Å². The van der Waals surface area contributed by atoms with Crippen molar-refractivity contribution in [1.29, 1.82) is 0 Å². The van der Waals surface area contributed by atoms with Gasteiger partial charge in [-0.15, -0.1) is 0 Å². The summed E-state index contributed by atoms with van der Waals surface area (Å²) in [7, 11) is -2.12. The lowest BCUT2D eigenvalue weighted by Crippen LogP contribution is -2.13. The van der Waals surface area contributed by atoms with Gasteiger partial charge in [0.25, 0.3) is 10.0 Å². The van der Waals surface area contributed by atoms with E-state index in [-0.39, 0.29) is 27.7 Å². The summed E-state index contributed by atoms with van der Waals surface area (Å²) in [6.07, 6.45) is 1.61. The zero-order valence-corrected chi connectivity index (χ0v) is 11.7. The second kappa shape index (κ2) is 4.75. The van der Waals surface area contributed by atoms with Crippen LogP contribution in [0.5, 0.6) is 0 Å². The topological polar surface area (TPSA) is 97.4 Å². The number of furan rings is 1. The van der Waals surface area contributed by atoms with Gasteiger partial charge in [-0.25, -0.2) is 8.42 Å². The first-order chi connectivity index (χ1) is 8.42. The van der Waals surface area contributed by atoms with Gasteiger partial charge in [-0.1, -0.05) is 0 Å². The Balaban J connectivity index is 2.33. The molecule has 0 aliphatic rings. The normalized spacial score (nSPS) is 11.7. The molecular formula is C9H10BrN3O4S. The Hall–Kier alpha value is -1.32. The average molecular weight is 336 g/mol. The average Bonchev–Trinajstić information content (AvgIpc) is 2.84. The summed E-state index contributed by atoms with van der Waals surface area (Å²) in [6.45, 7) is -0.377. The fourth-order valence-corrected chi connectivity index (χ4v) is 3.32. The predicted octanol–water partition coefficient (Wildman–Crippen LogP) is 1.07. The Labute approximate surface area is 112 Å². The summed E-state index contributed by atoms with van der Waals surface area (Å²) in [6, 6.07) is 2.77. The van der Waals surface area contributed by atoms with Crippen molar-refractivity contribution in [3.8, 4) is 0 Å². The maximum absolute atomic E-state index is 12.0. The quantitative estimate of drug-likeness (QED) is 0.870. The van der Waals surface area contributed by atoms with Crippen molar-refractivity contribution in [2.75, 3.05) is 4.72 Å². The molecule has 7 nitrogen and oxygen atoms in total. The third-order valence-corrected chi connectivity index (χ3v) is 4.32. The molecule has 0 aliphatic carbocycles. The Kier molecular flexibility index (Phi) is 3.46. The van der Waals surface area contributed by atoms with Gasteiger partial charge in [-0.05, 0) is 15.9 Å². The van der Waals surface area contributed by atoms with Crippen LogP contribution in [0.15, 0.2) is 32.3 Å². The van der Waals surface area contributed by atoms with Gasteiger partial charge in [0.1, 0.15) is 17.3 Å². The van der Waals surface area contributed by atoms with E-state index in [1.54, 1.807) is 13.2 Å². The molecule has 2 rings (SSSR count). The summed E-state index contributed by atoms with van der Waals surface area (Å²) in [5, 5.41) is 12.8. The largest absolute Gasteiger partial charge is 0.450 e. The summed E-state index contributed by atoms with van der Waals surface area (Å²) in [4.78, 5) is -0.0859. The van der Waals surface area contributed by atoms with Crippen LogP contribution in [0.2, 0.25) is 0 Å². The van der Waals surface area contributed by atoms with Crippen LogP contribution in [-0.2, 0) is 23.7 Å². The lowest BCUT2D eigenvalue weighted by Gasteiger charge is -2.02. The Morgan fingerprint density at radius 1 is 1.61 bits per heavy atom. The van der Waals surface area contributed by atoms with Gasteiger partial charge >= 0.3 is 0 Å². The van der Waals surface area contributed by atoms with E-state index in [4.69, 9.17) is 9.52 Å². The van der Waals surface area contributed by atoms with Gasteiger partial charge in [0, 0.05) is 25.4 Å². The molecular weight excluding hydrogens is 326 g/mol. The Morgan fingerprint density at radius 3 is 2.83 bits per heavy atom. The summed E-state index contributed by atoms with van der Waals surface area (Å²) >= 11 is 2.99. The molecule has 0 saturated carbocycles. The van der Waals surface area contributed by atoms with E-state index in [0.717, 1.165) is 0 Å². The van der Waals surface area contributed by atoms with Crippen LogP contribution in [0.25, 0.3) is 0 Å². The molecule has 0 aromatic carbocycles. The highest BCUT2D eigenvalue weighted by molar-refractivity contribution is 9.10. The van der Waals surface area contributed by atoms with E-state index < -0.39 is 10.0 Å². The fraction of sp³-hybridized carbons (Fsp3) is 0.222. The molecule has 0 saturated heterocycles. The first kappa shape index (κ1) is 13.1. The molecule has 2 N–H and O–H groups in total. The van der Waals surface area contributed by atoms with E-state index in [9.17, 15) is 8.42 Å². The maximum atomic E-state index is 12.0. The van der Waals surface area contributed by atoms with Crippen molar-refractivity contribution in [3.05, 3.63) is 28.8 Å². The second-order valence-electron chi connectivity index (χ2n) is 3.49. The number of nitrogens with zero attached hydrogens (tertiary/aromatic N) is 2. The van der Waals surface area contributed by atoms with E-state index in [1.807, 2.05) is 0 Å². The van der Waals surface area contributed by atoms with Gasteiger partial charge in [0.2, 0.25) is 0 Å². The van der Waals surface area contributed by atoms with Crippen LogP contribution in [0, 0.1) is 0 Å². The number of aliphatic hydroxyl groups is 1. The highest BCUT2D eigenvalue weighted by Crippen LogP contribution is 2.27. The highest BCUT2D eigenvalue weighted by atomic mass is 79.9. The minimum atomic E-state index is -3.80. The van der Waals surface area contributed by atoms with Crippen molar-refractivity contribution < 1.29 is 17.9 Å². The maximum Gasteiger partial charge on any atom is 0.267 e. The van der Waals surface area contributed by atoms with Crippen LogP contribution in [0.1, 0.15) is 5.76 Å². The number of aryl methyl sites for hydroxylation is 1. The van der Waals surface area contributed by atoms with Crippen LogP contribution in [0.4, 0.5) is 5.82 Å². The van der Waals surface area contributed by atoms with Crippen LogP contribution in [0.3, 0.4) is 0 Å². The van der Waals surface area contributed by atoms with Crippen molar-refractivity contribution in [2.24, 2.45) is 7.05 Å². The standard InChI is InChI=1S/C9H10BrN3O4S/c1-13-3-2-8(11-13)12-18(15,16)7-4-6(5-14)17-9(7)10/h2-4,14H,5H2,1H3,(H,11,12). The number of hydrogen-bond donors (Lipinski definition) is 2. The fourth-order valence-electron chi connectivity index (χ4n) is 1.32. The molecule has 18 heavy (non-hydrogen) atoms. The summed E-state index contributed by atoms with van der Waals surface area (Å²) < 4.78 is 32.9. The number of nitrogens with one attached hydrogen (secondary N) is 1. The molecule has 2 heterocycles. The van der Waals surface area contributed by atoms with E-state index in [2.05, 4.69) is 25.8 Å². The molecule has 9 heteroatoms. The van der Waals surface area contributed by atoms with E-state index in [1.165, 1.54) is 16.8 Å².